The molecule has 156 valence electrons. The number of hydrogen-bond acceptors (Lipinski definition) is 7. The van der Waals surface area contributed by atoms with Gasteiger partial charge in [0.05, 0.1) is 44.3 Å². The minimum Gasteiger partial charge on any atom is -0.492 e. The lowest BCUT2D eigenvalue weighted by atomic mass is 10.2. The zero-order valence-electron chi connectivity index (χ0n) is 16.9. The van der Waals surface area contributed by atoms with E-state index in [0.29, 0.717) is 44.4 Å². The Labute approximate surface area is 171 Å². The molecule has 0 unspecified atom stereocenters. The molecule has 0 radical (unpaired) electrons. The molecule has 0 bridgehead atoms. The summed E-state index contributed by atoms with van der Waals surface area (Å²) in [4.78, 5) is 17.0. The van der Waals surface area contributed by atoms with Gasteiger partial charge in [-0.25, -0.2) is 0 Å². The second-order valence-electron chi connectivity index (χ2n) is 6.72. The molecule has 0 spiro atoms. The van der Waals surface area contributed by atoms with Gasteiger partial charge in [0.15, 0.2) is 0 Å². The fourth-order valence-electron chi connectivity index (χ4n) is 3.40. The Morgan fingerprint density at radius 2 is 1.75 bits per heavy atom. The lowest BCUT2D eigenvalue weighted by Gasteiger charge is -2.31. The summed E-state index contributed by atoms with van der Waals surface area (Å²) < 4.78 is 17.2. The van der Waals surface area contributed by atoms with Crippen LogP contribution in [0, 0.1) is 0 Å². The van der Waals surface area contributed by atoms with Gasteiger partial charge in [0.25, 0.3) is 0 Å². The first-order chi connectivity index (χ1) is 13.7. The summed E-state index contributed by atoms with van der Waals surface area (Å²) in [7, 11) is 0. The molecule has 2 fully saturated rings. The SMILES string of the molecule is CCOc1cc(N2CCOCC2)c(OCC)cc1NC(=O)CN1CCSCC1. The highest BCUT2D eigenvalue weighted by Gasteiger charge is 2.21. The van der Waals surface area contributed by atoms with Gasteiger partial charge in [-0.2, -0.15) is 11.8 Å². The third-order valence-corrected chi connectivity index (χ3v) is 5.70. The maximum Gasteiger partial charge on any atom is 0.238 e. The first-order valence-corrected chi connectivity index (χ1v) is 11.2. The number of anilines is 2. The Morgan fingerprint density at radius 1 is 1.07 bits per heavy atom. The van der Waals surface area contributed by atoms with Crippen LogP contribution >= 0.6 is 11.8 Å². The Bertz CT molecular complexity index is 647. The predicted molar refractivity (Wildman–Crippen MR) is 114 cm³/mol. The van der Waals surface area contributed by atoms with E-state index in [9.17, 15) is 4.79 Å². The van der Waals surface area contributed by atoms with Gasteiger partial charge in [-0.3, -0.25) is 9.69 Å². The van der Waals surface area contributed by atoms with Crippen LogP contribution in [0.4, 0.5) is 11.4 Å². The first kappa shape index (κ1) is 21.1. The Balaban J connectivity index is 1.79. The molecule has 3 rings (SSSR count). The third-order valence-electron chi connectivity index (χ3n) is 4.76. The number of morpholine rings is 1. The van der Waals surface area contributed by atoms with Crippen molar-refractivity contribution >= 4 is 29.0 Å². The standard InChI is InChI=1S/C20H31N3O4S/c1-3-26-18-14-17(23-5-9-25-10-6-23)19(27-4-2)13-16(18)21-20(24)15-22-7-11-28-12-8-22/h13-14H,3-12,15H2,1-2H3,(H,21,24). The van der Waals surface area contributed by atoms with Crippen molar-refractivity contribution in [1.29, 1.82) is 0 Å². The number of thioether (sulfide) groups is 1. The van der Waals surface area contributed by atoms with Crippen molar-refractivity contribution in [2.75, 3.05) is 80.9 Å². The quantitative estimate of drug-likeness (QED) is 0.707. The normalized spacial score (nSPS) is 18.0. The number of nitrogens with one attached hydrogen (secondary N) is 1. The Hall–Kier alpha value is -1.64. The molecular formula is C20H31N3O4S. The minimum atomic E-state index is -0.0191. The zero-order valence-corrected chi connectivity index (χ0v) is 17.7. The number of amides is 1. The molecule has 1 amide bonds. The van der Waals surface area contributed by atoms with Gasteiger partial charge in [-0.05, 0) is 13.8 Å². The van der Waals surface area contributed by atoms with E-state index in [1.54, 1.807) is 0 Å². The Kier molecular flexibility index (Phi) is 8.12. The van der Waals surface area contributed by atoms with Crippen molar-refractivity contribution in [1.82, 2.24) is 4.90 Å². The van der Waals surface area contributed by atoms with Gasteiger partial charge in [-0.15, -0.1) is 0 Å². The van der Waals surface area contributed by atoms with Crippen molar-refractivity contribution in [3.63, 3.8) is 0 Å². The van der Waals surface area contributed by atoms with E-state index in [4.69, 9.17) is 14.2 Å². The molecule has 8 heteroatoms. The van der Waals surface area contributed by atoms with Crippen molar-refractivity contribution in [2.24, 2.45) is 0 Å². The van der Waals surface area contributed by atoms with Crippen LogP contribution in [0.1, 0.15) is 13.8 Å². The molecule has 1 N–H and O–H groups in total. The summed E-state index contributed by atoms with van der Waals surface area (Å²) in [5.74, 6) is 3.59. The summed E-state index contributed by atoms with van der Waals surface area (Å²) in [6.45, 7) is 10.3. The van der Waals surface area contributed by atoms with E-state index < -0.39 is 0 Å². The summed E-state index contributed by atoms with van der Waals surface area (Å²) in [5, 5.41) is 3.04. The van der Waals surface area contributed by atoms with Crippen molar-refractivity contribution in [3.8, 4) is 11.5 Å². The Morgan fingerprint density at radius 3 is 2.43 bits per heavy atom. The highest BCUT2D eigenvalue weighted by atomic mass is 32.2. The van der Waals surface area contributed by atoms with E-state index >= 15 is 0 Å². The van der Waals surface area contributed by atoms with Crippen LogP contribution in [0.25, 0.3) is 0 Å². The second kappa shape index (κ2) is 10.8. The van der Waals surface area contributed by atoms with Crippen LogP contribution < -0.4 is 19.7 Å². The van der Waals surface area contributed by atoms with E-state index in [1.807, 2.05) is 37.7 Å². The maximum absolute atomic E-state index is 12.6. The van der Waals surface area contributed by atoms with E-state index in [2.05, 4.69) is 15.1 Å². The van der Waals surface area contributed by atoms with Crippen LogP contribution in [0.2, 0.25) is 0 Å². The lowest BCUT2D eigenvalue weighted by Crippen LogP contribution is -2.38. The van der Waals surface area contributed by atoms with Gasteiger partial charge in [0.1, 0.15) is 11.5 Å². The molecule has 2 heterocycles. The summed E-state index contributed by atoms with van der Waals surface area (Å²) in [6.07, 6.45) is 0. The molecule has 0 aromatic heterocycles. The highest BCUT2D eigenvalue weighted by Crippen LogP contribution is 2.39. The average molecular weight is 410 g/mol. The average Bonchev–Trinajstić information content (AvgIpc) is 2.71. The monoisotopic (exact) mass is 409 g/mol. The van der Waals surface area contributed by atoms with Gasteiger partial charge >= 0.3 is 0 Å². The van der Waals surface area contributed by atoms with E-state index in [1.165, 1.54) is 0 Å². The van der Waals surface area contributed by atoms with E-state index in [-0.39, 0.29) is 5.91 Å². The zero-order chi connectivity index (χ0) is 19.8. The molecule has 1 aromatic carbocycles. The number of carbonyl (C=O) groups excluding carboxylic acids is 1. The fraction of sp³-hybridized carbons (Fsp3) is 0.650. The van der Waals surface area contributed by atoms with Crippen LogP contribution in [-0.4, -0.2) is 81.5 Å². The number of rotatable bonds is 8. The predicted octanol–water partition coefficient (Wildman–Crippen LogP) is 2.31. The summed E-state index contributed by atoms with van der Waals surface area (Å²) >= 11 is 1.94. The first-order valence-electron chi connectivity index (χ1n) is 10.1. The van der Waals surface area contributed by atoms with Crippen molar-refractivity contribution in [3.05, 3.63) is 12.1 Å². The number of carbonyl (C=O) groups is 1. The molecule has 7 nitrogen and oxygen atoms in total. The molecule has 1 aromatic rings. The van der Waals surface area contributed by atoms with Gasteiger partial charge in [0.2, 0.25) is 5.91 Å². The maximum atomic E-state index is 12.6. The van der Waals surface area contributed by atoms with E-state index in [0.717, 1.165) is 49.1 Å². The number of nitrogens with zero attached hydrogens (tertiary/aromatic N) is 2. The number of benzene rings is 1. The van der Waals surface area contributed by atoms with Crippen molar-refractivity contribution in [2.45, 2.75) is 13.8 Å². The number of ether oxygens (including phenoxy) is 3. The summed E-state index contributed by atoms with van der Waals surface area (Å²) in [6, 6.07) is 3.87. The largest absolute Gasteiger partial charge is 0.492 e. The molecular weight excluding hydrogens is 378 g/mol. The second-order valence-corrected chi connectivity index (χ2v) is 7.94. The van der Waals surface area contributed by atoms with Crippen LogP contribution in [0.15, 0.2) is 12.1 Å². The van der Waals surface area contributed by atoms with Crippen LogP contribution in [0.5, 0.6) is 11.5 Å². The fourth-order valence-corrected chi connectivity index (χ4v) is 4.38. The molecule has 28 heavy (non-hydrogen) atoms. The third kappa shape index (κ3) is 5.68. The minimum absolute atomic E-state index is 0.0191. The molecule has 0 atom stereocenters. The highest BCUT2D eigenvalue weighted by molar-refractivity contribution is 7.99. The summed E-state index contributed by atoms with van der Waals surface area (Å²) in [5.41, 5.74) is 1.65. The van der Waals surface area contributed by atoms with Crippen LogP contribution in [0.3, 0.4) is 0 Å². The van der Waals surface area contributed by atoms with Gasteiger partial charge < -0.3 is 24.4 Å². The molecule has 0 saturated carbocycles. The molecule has 2 saturated heterocycles. The topological polar surface area (TPSA) is 63.3 Å². The smallest absolute Gasteiger partial charge is 0.238 e. The molecule has 2 aliphatic rings. The van der Waals surface area contributed by atoms with Crippen LogP contribution in [-0.2, 0) is 9.53 Å². The molecule has 0 aliphatic carbocycles. The molecule has 2 aliphatic heterocycles. The number of hydrogen-bond donors (Lipinski definition) is 1. The van der Waals surface area contributed by atoms with Crippen molar-refractivity contribution < 1.29 is 19.0 Å². The van der Waals surface area contributed by atoms with Gasteiger partial charge in [-0.1, -0.05) is 0 Å². The lowest BCUT2D eigenvalue weighted by molar-refractivity contribution is -0.117. The van der Waals surface area contributed by atoms with Gasteiger partial charge in [0, 0.05) is 49.8 Å².